The van der Waals surface area contributed by atoms with Gasteiger partial charge in [-0.15, -0.1) is 11.3 Å². The van der Waals surface area contributed by atoms with Gasteiger partial charge in [0.15, 0.2) is 6.10 Å². The number of aryl methyl sites for hydroxylation is 2. The molecule has 0 amide bonds. The molecule has 1 aliphatic heterocycles. The molecule has 7 heteroatoms. The minimum absolute atomic E-state index is 0.181. The SMILES string of the molecule is COC(=O)C(O)c1c(-c2ccc3c(c2C)CCCO3)c2c3c(sc2c(=O)n1C)CCCC3. The van der Waals surface area contributed by atoms with Crippen molar-refractivity contribution in [2.24, 2.45) is 7.05 Å². The Morgan fingerprint density at radius 1 is 1.19 bits per heavy atom. The number of thiophene rings is 1. The molecule has 1 aliphatic carbocycles. The Hall–Kier alpha value is -2.64. The largest absolute Gasteiger partial charge is 0.493 e. The summed E-state index contributed by atoms with van der Waals surface area (Å²) in [6.07, 6.45) is 4.36. The van der Waals surface area contributed by atoms with Gasteiger partial charge in [0.1, 0.15) is 10.4 Å². The van der Waals surface area contributed by atoms with Gasteiger partial charge in [-0.1, -0.05) is 6.07 Å². The predicted molar refractivity (Wildman–Crippen MR) is 125 cm³/mol. The third-order valence-corrected chi connectivity index (χ3v) is 8.15. The van der Waals surface area contributed by atoms with Gasteiger partial charge in [-0.3, -0.25) is 4.79 Å². The van der Waals surface area contributed by atoms with Crippen LogP contribution in [0.3, 0.4) is 0 Å². The number of ether oxygens (including phenoxy) is 2. The van der Waals surface area contributed by atoms with Gasteiger partial charge in [0.25, 0.3) is 5.56 Å². The van der Waals surface area contributed by atoms with Crippen LogP contribution in [0.2, 0.25) is 0 Å². The van der Waals surface area contributed by atoms with E-state index in [2.05, 4.69) is 6.92 Å². The highest BCUT2D eigenvalue weighted by Gasteiger charge is 2.32. The summed E-state index contributed by atoms with van der Waals surface area (Å²) in [5, 5.41) is 11.9. The maximum atomic E-state index is 13.4. The third-order valence-electron chi connectivity index (χ3n) is 6.87. The van der Waals surface area contributed by atoms with Gasteiger partial charge < -0.3 is 19.1 Å². The van der Waals surface area contributed by atoms with Crippen molar-refractivity contribution in [2.75, 3.05) is 13.7 Å². The number of methoxy groups -OCH3 is 1. The molecule has 0 bridgehead atoms. The van der Waals surface area contributed by atoms with Crippen LogP contribution in [0.4, 0.5) is 0 Å². The van der Waals surface area contributed by atoms with Crippen molar-refractivity contribution < 1.29 is 19.4 Å². The topological polar surface area (TPSA) is 77.8 Å². The first-order chi connectivity index (χ1) is 15.4. The van der Waals surface area contributed by atoms with E-state index in [-0.39, 0.29) is 5.56 Å². The Morgan fingerprint density at radius 3 is 2.72 bits per heavy atom. The molecule has 32 heavy (non-hydrogen) atoms. The van der Waals surface area contributed by atoms with Crippen molar-refractivity contribution in [2.45, 2.75) is 51.6 Å². The van der Waals surface area contributed by atoms with Crippen LogP contribution in [0, 0.1) is 6.92 Å². The molecule has 3 heterocycles. The predicted octanol–water partition coefficient (Wildman–Crippen LogP) is 3.99. The van der Waals surface area contributed by atoms with Gasteiger partial charge in [-0.2, -0.15) is 0 Å². The number of nitrogens with zero attached hydrogens (tertiary/aromatic N) is 1. The summed E-state index contributed by atoms with van der Waals surface area (Å²) in [5.74, 6) is 0.115. The van der Waals surface area contributed by atoms with Crippen molar-refractivity contribution >= 4 is 27.4 Å². The molecule has 0 saturated carbocycles. The highest BCUT2D eigenvalue weighted by molar-refractivity contribution is 7.19. The number of esters is 1. The van der Waals surface area contributed by atoms with Crippen molar-refractivity contribution in [3.63, 3.8) is 0 Å². The lowest BCUT2D eigenvalue weighted by atomic mass is 9.86. The van der Waals surface area contributed by atoms with Crippen LogP contribution < -0.4 is 10.3 Å². The molecule has 6 nitrogen and oxygen atoms in total. The summed E-state index contributed by atoms with van der Waals surface area (Å²) in [6.45, 7) is 2.77. The number of aromatic nitrogens is 1. The molecule has 0 spiro atoms. The van der Waals surface area contributed by atoms with E-state index in [1.165, 1.54) is 22.1 Å². The molecule has 0 saturated heterocycles. The number of aliphatic hydroxyl groups is 1. The highest BCUT2D eigenvalue weighted by atomic mass is 32.1. The third kappa shape index (κ3) is 3.10. The Kier molecular flexibility index (Phi) is 5.34. The Bertz CT molecular complexity index is 1300. The van der Waals surface area contributed by atoms with Crippen molar-refractivity contribution in [1.82, 2.24) is 4.57 Å². The lowest BCUT2D eigenvalue weighted by Gasteiger charge is -2.25. The summed E-state index contributed by atoms with van der Waals surface area (Å²) in [6, 6.07) is 3.97. The first kappa shape index (κ1) is 21.2. The summed E-state index contributed by atoms with van der Waals surface area (Å²) in [7, 11) is 2.87. The number of hydrogen-bond acceptors (Lipinski definition) is 6. The fourth-order valence-electron chi connectivity index (χ4n) is 5.23. The zero-order valence-electron chi connectivity index (χ0n) is 18.6. The number of hydrogen-bond donors (Lipinski definition) is 1. The van der Waals surface area contributed by atoms with Gasteiger partial charge in [-0.25, -0.2) is 4.79 Å². The molecular weight excluding hydrogens is 426 g/mol. The molecule has 2 aliphatic rings. The van der Waals surface area contributed by atoms with Crippen LogP contribution in [0.25, 0.3) is 21.2 Å². The normalized spacial score (nSPS) is 16.2. The van der Waals surface area contributed by atoms with E-state index >= 15 is 0 Å². The molecule has 168 valence electrons. The zero-order valence-corrected chi connectivity index (χ0v) is 19.4. The number of carbonyl (C=O) groups is 1. The zero-order chi connectivity index (χ0) is 22.6. The number of rotatable bonds is 3. The number of fused-ring (bicyclic) bond motifs is 4. The molecule has 0 radical (unpaired) electrons. The lowest BCUT2D eigenvalue weighted by Crippen LogP contribution is -2.27. The van der Waals surface area contributed by atoms with E-state index in [1.807, 2.05) is 12.1 Å². The first-order valence-electron chi connectivity index (χ1n) is 11.1. The number of aliphatic hydroxyl groups excluding tert-OH is 1. The molecule has 1 N–H and O–H groups in total. The van der Waals surface area contributed by atoms with Gasteiger partial charge in [-0.05, 0) is 73.8 Å². The fourth-order valence-corrected chi connectivity index (χ4v) is 6.61. The Balaban J connectivity index is 1.92. The first-order valence-corrected chi connectivity index (χ1v) is 11.9. The van der Waals surface area contributed by atoms with Crippen LogP contribution in [0.1, 0.15) is 52.6 Å². The van der Waals surface area contributed by atoms with Gasteiger partial charge in [0, 0.05) is 22.9 Å². The average Bonchev–Trinajstić information content (AvgIpc) is 3.21. The van der Waals surface area contributed by atoms with E-state index < -0.39 is 12.1 Å². The van der Waals surface area contributed by atoms with Crippen LogP contribution in [-0.2, 0) is 35.8 Å². The minimum atomic E-state index is -1.55. The molecular formula is C25H27NO5S. The van der Waals surface area contributed by atoms with Crippen LogP contribution in [0.15, 0.2) is 16.9 Å². The lowest BCUT2D eigenvalue weighted by molar-refractivity contribution is -0.151. The Labute approximate surface area is 190 Å². The van der Waals surface area contributed by atoms with Gasteiger partial charge in [0.05, 0.1) is 19.4 Å². The van der Waals surface area contributed by atoms with Crippen LogP contribution in [0.5, 0.6) is 5.75 Å². The monoisotopic (exact) mass is 453 g/mol. The molecule has 1 unspecified atom stereocenters. The van der Waals surface area contributed by atoms with E-state index in [0.29, 0.717) is 17.0 Å². The van der Waals surface area contributed by atoms with Gasteiger partial charge in [0.2, 0.25) is 0 Å². The average molecular weight is 454 g/mol. The second-order valence-electron chi connectivity index (χ2n) is 8.63. The summed E-state index contributed by atoms with van der Waals surface area (Å²) >= 11 is 1.56. The van der Waals surface area contributed by atoms with Crippen LogP contribution >= 0.6 is 11.3 Å². The molecule has 3 aromatic rings. The van der Waals surface area contributed by atoms with Crippen LogP contribution in [-0.4, -0.2) is 29.4 Å². The molecule has 5 rings (SSSR count). The quantitative estimate of drug-likeness (QED) is 0.607. The molecule has 0 fully saturated rings. The molecule has 1 aromatic carbocycles. The standard InChI is InChI=1S/C25H27NO5S/c1-13-14-8-6-12-31-17(14)11-10-15(13)19-20-16-7-4-5-9-18(16)32-23(20)24(28)26(2)21(19)22(27)25(29)30-3/h10-11,22,27H,4-9,12H2,1-3H3. The maximum Gasteiger partial charge on any atom is 0.340 e. The Morgan fingerprint density at radius 2 is 1.94 bits per heavy atom. The second-order valence-corrected chi connectivity index (χ2v) is 9.74. The molecule has 2 aromatic heterocycles. The minimum Gasteiger partial charge on any atom is -0.493 e. The van der Waals surface area contributed by atoms with E-state index in [9.17, 15) is 14.7 Å². The highest BCUT2D eigenvalue weighted by Crippen LogP contribution is 2.45. The van der Waals surface area contributed by atoms with Gasteiger partial charge >= 0.3 is 5.97 Å². The second kappa shape index (κ2) is 8.05. The number of benzene rings is 1. The summed E-state index contributed by atoms with van der Waals surface area (Å²) in [4.78, 5) is 27.1. The van der Waals surface area contributed by atoms with Crippen molar-refractivity contribution in [3.8, 4) is 16.9 Å². The van der Waals surface area contributed by atoms with Crippen molar-refractivity contribution in [3.05, 3.63) is 49.7 Å². The molecule has 1 atom stereocenters. The summed E-state index contributed by atoms with van der Waals surface area (Å²) in [5.41, 5.74) is 5.22. The maximum absolute atomic E-state index is 13.4. The van der Waals surface area contributed by atoms with E-state index in [0.717, 1.165) is 71.9 Å². The van der Waals surface area contributed by atoms with E-state index in [1.54, 1.807) is 18.4 Å². The fraction of sp³-hybridized carbons (Fsp3) is 0.440. The van der Waals surface area contributed by atoms with E-state index in [4.69, 9.17) is 9.47 Å². The number of carbonyl (C=O) groups excluding carboxylic acids is 1. The smallest absolute Gasteiger partial charge is 0.340 e. The number of pyridine rings is 1. The van der Waals surface area contributed by atoms with Crippen molar-refractivity contribution in [1.29, 1.82) is 0 Å². The summed E-state index contributed by atoms with van der Waals surface area (Å²) < 4.78 is 12.8.